The summed E-state index contributed by atoms with van der Waals surface area (Å²) < 4.78 is 25.9. The second-order valence-corrected chi connectivity index (χ2v) is 6.67. The molecular weight excluding hydrogens is 268 g/mol. The predicted molar refractivity (Wildman–Crippen MR) is 72.3 cm³/mol. The Morgan fingerprint density at radius 2 is 1.89 bits per heavy atom. The Labute approximate surface area is 113 Å². The van der Waals surface area contributed by atoms with Gasteiger partial charge >= 0.3 is 0 Å². The van der Waals surface area contributed by atoms with E-state index >= 15 is 0 Å². The third kappa shape index (κ3) is 4.12. The summed E-state index contributed by atoms with van der Waals surface area (Å²) in [5, 5.41) is 12.5. The molecule has 19 heavy (non-hydrogen) atoms. The van der Waals surface area contributed by atoms with Crippen LogP contribution in [0.3, 0.4) is 0 Å². The van der Waals surface area contributed by atoms with E-state index in [0.29, 0.717) is 5.95 Å². The largest absolute Gasteiger partial charge is 0.389 e. The second kappa shape index (κ2) is 5.81. The molecule has 0 spiro atoms. The van der Waals surface area contributed by atoms with E-state index in [2.05, 4.69) is 15.3 Å². The van der Waals surface area contributed by atoms with Gasteiger partial charge in [0.15, 0.2) is 0 Å². The number of anilines is 1. The molecule has 0 bridgehead atoms. The summed E-state index contributed by atoms with van der Waals surface area (Å²) in [6, 6.07) is 0. The molecule has 0 unspecified atom stereocenters. The summed E-state index contributed by atoms with van der Waals surface area (Å²) in [5.41, 5.74) is -1.10. The first kappa shape index (κ1) is 15.8. The van der Waals surface area contributed by atoms with Crippen molar-refractivity contribution in [1.29, 1.82) is 0 Å². The SMILES string of the molecule is CCN(CC(C)(C)O)S(=O)(=O)c1cnc(NC)nc1. The maximum Gasteiger partial charge on any atom is 0.246 e. The summed E-state index contributed by atoms with van der Waals surface area (Å²) >= 11 is 0. The van der Waals surface area contributed by atoms with Gasteiger partial charge in [0.2, 0.25) is 16.0 Å². The average molecular weight is 288 g/mol. The van der Waals surface area contributed by atoms with Crippen LogP contribution in [-0.4, -0.2) is 53.5 Å². The number of sulfonamides is 1. The van der Waals surface area contributed by atoms with Crippen molar-refractivity contribution < 1.29 is 13.5 Å². The second-order valence-electron chi connectivity index (χ2n) is 4.74. The highest BCUT2D eigenvalue weighted by molar-refractivity contribution is 7.89. The van der Waals surface area contributed by atoms with Gasteiger partial charge in [0.05, 0.1) is 18.0 Å². The number of nitrogens with one attached hydrogen (secondary N) is 1. The molecule has 2 N–H and O–H groups in total. The van der Waals surface area contributed by atoms with E-state index in [1.807, 2.05) is 0 Å². The lowest BCUT2D eigenvalue weighted by Gasteiger charge is -2.27. The molecule has 1 aromatic heterocycles. The van der Waals surface area contributed by atoms with E-state index in [1.54, 1.807) is 27.8 Å². The topological polar surface area (TPSA) is 95.4 Å². The molecular formula is C11H20N4O3S. The summed E-state index contributed by atoms with van der Waals surface area (Å²) in [6.45, 7) is 5.11. The van der Waals surface area contributed by atoms with Gasteiger partial charge in [-0.2, -0.15) is 4.31 Å². The van der Waals surface area contributed by atoms with E-state index < -0.39 is 15.6 Å². The summed E-state index contributed by atoms with van der Waals surface area (Å²) in [7, 11) is -2.04. The third-order valence-corrected chi connectivity index (χ3v) is 4.28. The van der Waals surface area contributed by atoms with Gasteiger partial charge < -0.3 is 10.4 Å². The fourth-order valence-corrected chi connectivity index (χ4v) is 3.02. The molecule has 0 saturated heterocycles. The molecule has 0 aliphatic carbocycles. The van der Waals surface area contributed by atoms with Gasteiger partial charge in [-0.1, -0.05) is 6.92 Å². The van der Waals surface area contributed by atoms with Gasteiger partial charge in [-0.05, 0) is 13.8 Å². The minimum Gasteiger partial charge on any atom is -0.389 e. The predicted octanol–water partition coefficient (Wildman–Crippen LogP) is 0.300. The smallest absolute Gasteiger partial charge is 0.246 e. The first-order valence-electron chi connectivity index (χ1n) is 5.93. The minimum atomic E-state index is -3.69. The van der Waals surface area contributed by atoms with Crippen LogP contribution in [0.15, 0.2) is 17.3 Å². The molecule has 0 amide bonds. The number of rotatable bonds is 6. The van der Waals surface area contributed by atoms with Crippen LogP contribution in [0.25, 0.3) is 0 Å². The highest BCUT2D eigenvalue weighted by atomic mass is 32.2. The van der Waals surface area contributed by atoms with Crippen molar-refractivity contribution in [2.45, 2.75) is 31.3 Å². The van der Waals surface area contributed by atoms with Crippen LogP contribution in [0, 0.1) is 0 Å². The fourth-order valence-electron chi connectivity index (χ4n) is 1.53. The van der Waals surface area contributed by atoms with Crippen LogP contribution < -0.4 is 5.32 Å². The summed E-state index contributed by atoms with van der Waals surface area (Å²) in [6.07, 6.45) is 2.50. The van der Waals surface area contributed by atoms with Crippen LogP contribution >= 0.6 is 0 Å². The first-order valence-corrected chi connectivity index (χ1v) is 7.37. The molecule has 8 heteroatoms. The molecule has 0 aromatic carbocycles. The molecule has 0 radical (unpaired) electrons. The van der Waals surface area contributed by atoms with Gasteiger partial charge in [0, 0.05) is 20.1 Å². The molecule has 1 heterocycles. The molecule has 0 fully saturated rings. The van der Waals surface area contributed by atoms with Crippen molar-refractivity contribution in [3.8, 4) is 0 Å². The molecule has 108 valence electrons. The molecule has 7 nitrogen and oxygen atoms in total. The number of likely N-dealkylation sites (N-methyl/N-ethyl adjacent to an activating group) is 1. The molecule has 0 aliphatic heterocycles. The van der Waals surface area contributed by atoms with Gasteiger partial charge in [-0.15, -0.1) is 0 Å². The fraction of sp³-hybridized carbons (Fsp3) is 0.636. The molecule has 1 aromatic rings. The number of hydrogen-bond donors (Lipinski definition) is 2. The number of aromatic nitrogens is 2. The average Bonchev–Trinajstić information content (AvgIpc) is 2.34. The van der Waals surface area contributed by atoms with Crippen molar-refractivity contribution in [2.75, 3.05) is 25.5 Å². The van der Waals surface area contributed by atoms with Crippen molar-refractivity contribution in [3.05, 3.63) is 12.4 Å². The zero-order valence-electron chi connectivity index (χ0n) is 11.6. The van der Waals surface area contributed by atoms with E-state index in [4.69, 9.17) is 0 Å². The normalized spacial score (nSPS) is 12.7. The van der Waals surface area contributed by atoms with Crippen LogP contribution in [-0.2, 0) is 10.0 Å². The lowest BCUT2D eigenvalue weighted by molar-refractivity contribution is 0.0601. The Morgan fingerprint density at radius 1 is 1.37 bits per heavy atom. The van der Waals surface area contributed by atoms with E-state index in [9.17, 15) is 13.5 Å². The minimum absolute atomic E-state index is 0.0117. The van der Waals surface area contributed by atoms with E-state index in [1.165, 1.54) is 16.7 Å². The molecule has 0 aliphatic rings. The maximum absolute atomic E-state index is 12.4. The molecule has 0 saturated carbocycles. The number of aliphatic hydroxyl groups is 1. The maximum atomic E-state index is 12.4. The number of hydrogen-bond acceptors (Lipinski definition) is 6. The zero-order chi connectivity index (χ0) is 14.7. The Balaban J connectivity index is 3.06. The Bertz CT molecular complexity index is 508. The molecule has 0 atom stereocenters. The van der Waals surface area contributed by atoms with Gasteiger partial charge in [-0.3, -0.25) is 0 Å². The van der Waals surface area contributed by atoms with Crippen molar-refractivity contribution >= 4 is 16.0 Å². The van der Waals surface area contributed by atoms with Gasteiger partial charge in [0.1, 0.15) is 4.90 Å². The van der Waals surface area contributed by atoms with E-state index in [-0.39, 0.29) is 18.0 Å². The lowest BCUT2D eigenvalue weighted by atomic mass is 10.1. The van der Waals surface area contributed by atoms with Gasteiger partial charge in [0.25, 0.3) is 0 Å². The quantitative estimate of drug-likeness (QED) is 0.781. The lowest BCUT2D eigenvalue weighted by Crippen LogP contribution is -2.42. The highest BCUT2D eigenvalue weighted by Crippen LogP contribution is 2.17. The highest BCUT2D eigenvalue weighted by Gasteiger charge is 2.28. The Kier molecular flexibility index (Phi) is 4.83. The monoisotopic (exact) mass is 288 g/mol. The van der Waals surface area contributed by atoms with Crippen LogP contribution in [0.5, 0.6) is 0 Å². The third-order valence-electron chi connectivity index (χ3n) is 2.41. The van der Waals surface area contributed by atoms with Crippen LogP contribution in [0.2, 0.25) is 0 Å². The van der Waals surface area contributed by atoms with Crippen molar-refractivity contribution in [3.63, 3.8) is 0 Å². The van der Waals surface area contributed by atoms with Gasteiger partial charge in [-0.25, -0.2) is 18.4 Å². The first-order chi connectivity index (χ1) is 8.70. The number of nitrogens with zero attached hydrogens (tertiary/aromatic N) is 3. The van der Waals surface area contributed by atoms with Crippen molar-refractivity contribution in [1.82, 2.24) is 14.3 Å². The zero-order valence-corrected chi connectivity index (χ0v) is 12.4. The summed E-state index contributed by atoms with van der Waals surface area (Å²) in [5.74, 6) is 0.351. The van der Waals surface area contributed by atoms with E-state index in [0.717, 1.165) is 0 Å². The molecule has 1 rings (SSSR count). The van der Waals surface area contributed by atoms with Crippen LogP contribution in [0.4, 0.5) is 5.95 Å². The Morgan fingerprint density at radius 3 is 2.26 bits per heavy atom. The van der Waals surface area contributed by atoms with Crippen LogP contribution in [0.1, 0.15) is 20.8 Å². The Hall–Kier alpha value is -1.25. The van der Waals surface area contributed by atoms with Crippen molar-refractivity contribution in [2.24, 2.45) is 0 Å². The standard InChI is InChI=1S/C11H20N4O3S/c1-5-15(8-11(2,3)16)19(17,18)9-6-13-10(12-4)14-7-9/h6-7,16H,5,8H2,1-4H3,(H,12,13,14). The summed E-state index contributed by atoms with van der Waals surface area (Å²) in [4.78, 5) is 7.78.